The average molecular weight is 304 g/mol. The Morgan fingerprint density at radius 1 is 1.45 bits per heavy atom. The van der Waals surface area contributed by atoms with Crippen molar-refractivity contribution in [3.05, 3.63) is 53.1 Å². The van der Waals surface area contributed by atoms with Gasteiger partial charge in [0.05, 0.1) is 12.2 Å². The molecule has 1 aromatic heterocycles. The summed E-state index contributed by atoms with van der Waals surface area (Å²) < 4.78 is 14.7. The van der Waals surface area contributed by atoms with E-state index in [1.54, 1.807) is 16.9 Å². The van der Waals surface area contributed by atoms with Crippen LogP contribution in [0.15, 0.2) is 30.6 Å². The number of benzene rings is 1. The van der Waals surface area contributed by atoms with E-state index in [-0.39, 0.29) is 17.9 Å². The fraction of sp³-hybridized carbons (Fsp3) is 0.375. The van der Waals surface area contributed by atoms with E-state index >= 15 is 0 Å². The number of hydrogen-bond acceptors (Lipinski definition) is 2. The van der Waals surface area contributed by atoms with Gasteiger partial charge in [0.25, 0.3) is 0 Å². The van der Waals surface area contributed by atoms with E-state index in [1.807, 2.05) is 27.1 Å². The minimum Gasteiger partial charge on any atom is -0.338 e. The van der Waals surface area contributed by atoms with Crippen molar-refractivity contribution in [2.24, 2.45) is 7.05 Å². The van der Waals surface area contributed by atoms with Crippen molar-refractivity contribution in [1.29, 1.82) is 0 Å². The third-order valence-corrected chi connectivity index (χ3v) is 3.56. The lowest BCUT2D eigenvalue weighted by molar-refractivity contribution is 0.238. The first-order valence-corrected chi connectivity index (χ1v) is 7.23. The van der Waals surface area contributed by atoms with Gasteiger partial charge in [-0.3, -0.25) is 4.68 Å². The summed E-state index contributed by atoms with van der Waals surface area (Å²) in [7, 11) is 1.83. The van der Waals surface area contributed by atoms with Crippen LogP contribution in [0.4, 0.5) is 9.18 Å². The van der Waals surface area contributed by atoms with E-state index in [0.717, 1.165) is 16.7 Å². The summed E-state index contributed by atoms with van der Waals surface area (Å²) in [5.41, 5.74) is 2.87. The lowest BCUT2D eigenvalue weighted by Crippen LogP contribution is -2.38. The number of rotatable bonds is 5. The summed E-state index contributed by atoms with van der Waals surface area (Å²) in [6.45, 7) is 4.27. The highest BCUT2D eigenvalue weighted by Crippen LogP contribution is 2.11. The van der Waals surface area contributed by atoms with E-state index in [9.17, 15) is 9.18 Å². The normalized spacial score (nSPS) is 12.0. The Morgan fingerprint density at radius 2 is 2.23 bits per heavy atom. The Morgan fingerprint density at radius 3 is 2.86 bits per heavy atom. The SMILES string of the molecule is Cc1cc(F)ccc1CCNC(=O)N[C@@H](C)c1cnn(C)c1. The van der Waals surface area contributed by atoms with Crippen LogP contribution in [0.5, 0.6) is 0 Å². The van der Waals surface area contributed by atoms with Crippen molar-refractivity contribution in [2.45, 2.75) is 26.3 Å². The molecule has 0 spiro atoms. The van der Waals surface area contributed by atoms with Gasteiger partial charge >= 0.3 is 6.03 Å². The van der Waals surface area contributed by atoms with Crippen molar-refractivity contribution in [2.75, 3.05) is 6.54 Å². The molecule has 5 nitrogen and oxygen atoms in total. The highest BCUT2D eigenvalue weighted by Gasteiger charge is 2.10. The van der Waals surface area contributed by atoms with Gasteiger partial charge in [-0.25, -0.2) is 9.18 Å². The summed E-state index contributed by atoms with van der Waals surface area (Å²) in [4.78, 5) is 11.9. The molecule has 0 saturated carbocycles. The first-order valence-electron chi connectivity index (χ1n) is 7.23. The van der Waals surface area contributed by atoms with Crippen molar-refractivity contribution in [3.8, 4) is 0 Å². The van der Waals surface area contributed by atoms with Crippen molar-refractivity contribution in [3.63, 3.8) is 0 Å². The number of nitrogens with one attached hydrogen (secondary N) is 2. The molecule has 1 aromatic carbocycles. The van der Waals surface area contributed by atoms with Crippen LogP contribution in [-0.2, 0) is 13.5 Å². The topological polar surface area (TPSA) is 59.0 Å². The standard InChI is InChI=1S/C16H21FN4O/c1-11-8-15(17)5-4-13(11)6-7-18-16(22)20-12(2)14-9-19-21(3)10-14/h4-5,8-10,12H,6-7H2,1-3H3,(H2,18,20,22)/t12-/m0/s1. The maximum atomic E-state index is 13.0. The summed E-state index contributed by atoms with van der Waals surface area (Å²) >= 11 is 0. The zero-order valence-electron chi connectivity index (χ0n) is 13.1. The van der Waals surface area contributed by atoms with Gasteiger partial charge in [0.15, 0.2) is 0 Å². The Balaban J connectivity index is 1.78. The smallest absolute Gasteiger partial charge is 0.315 e. The van der Waals surface area contributed by atoms with Crippen LogP contribution >= 0.6 is 0 Å². The number of nitrogens with zero attached hydrogens (tertiary/aromatic N) is 2. The summed E-state index contributed by atoms with van der Waals surface area (Å²) in [5.74, 6) is -0.239. The van der Waals surface area contributed by atoms with Gasteiger partial charge in [-0.2, -0.15) is 5.10 Å². The Kier molecular flexibility index (Phi) is 5.14. The fourth-order valence-electron chi connectivity index (χ4n) is 2.25. The lowest BCUT2D eigenvalue weighted by atomic mass is 10.1. The van der Waals surface area contributed by atoms with Crippen LogP contribution < -0.4 is 10.6 Å². The molecule has 0 radical (unpaired) electrons. The highest BCUT2D eigenvalue weighted by atomic mass is 19.1. The molecule has 0 aliphatic carbocycles. The fourth-order valence-corrected chi connectivity index (χ4v) is 2.25. The van der Waals surface area contributed by atoms with Gasteiger partial charge < -0.3 is 10.6 Å². The monoisotopic (exact) mass is 304 g/mol. The number of halogens is 1. The van der Waals surface area contributed by atoms with Crippen molar-refractivity contribution in [1.82, 2.24) is 20.4 Å². The van der Waals surface area contributed by atoms with E-state index in [4.69, 9.17) is 0 Å². The molecule has 0 aliphatic heterocycles. The molecular weight excluding hydrogens is 283 g/mol. The van der Waals surface area contributed by atoms with E-state index in [0.29, 0.717) is 13.0 Å². The highest BCUT2D eigenvalue weighted by molar-refractivity contribution is 5.74. The van der Waals surface area contributed by atoms with E-state index < -0.39 is 0 Å². The maximum Gasteiger partial charge on any atom is 0.315 e. The van der Waals surface area contributed by atoms with Crippen molar-refractivity contribution < 1.29 is 9.18 Å². The first kappa shape index (κ1) is 16.0. The third kappa shape index (κ3) is 4.31. The second kappa shape index (κ2) is 7.06. The Bertz CT molecular complexity index is 653. The second-order valence-electron chi connectivity index (χ2n) is 5.39. The third-order valence-electron chi connectivity index (χ3n) is 3.56. The molecule has 2 rings (SSSR count). The van der Waals surface area contributed by atoms with Gasteiger partial charge in [-0.15, -0.1) is 0 Å². The zero-order valence-corrected chi connectivity index (χ0v) is 13.1. The minimum absolute atomic E-state index is 0.110. The number of amides is 2. The van der Waals surface area contributed by atoms with Gasteiger partial charge in [-0.05, 0) is 43.5 Å². The predicted octanol–water partition coefficient (Wildman–Crippen LogP) is 2.47. The summed E-state index contributed by atoms with van der Waals surface area (Å²) in [5, 5.41) is 9.74. The molecule has 6 heteroatoms. The van der Waals surface area contributed by atoms with Gasteiger partial charge in [0.1, 0.15) is 5.82 Å². The number of urea groups is 1. The molecule has 2 amide bonds. The zero-order chi connectivity index (χ0) is 16.1. The molecule has 0 aliphatic rings. The molecular formula is C16H21FN4O. The van der Waals surface area contributed by atoms with Gasteiger partial charge in [0, 0.05) is 25.4 Å². The van der Waals surface area contributed by atoms with Crippen LogP contribution in [0, 0.1) is 12.7 Å². The van der Waals surface area contributed by atoms with Crippen LogP contribution in [0.1, 0.15) is 29.7 Å². The molecule has 2 N–H and O–H groups in total. The van der Waals surface area contributed by atoms with Crippen LogP contribution in [0.3, 0.4) is 0 Å². The van der Waals surface area contributed by atoms with Crippen LogP contribution in [0.2, 0.25) is 0 Å². The number of aryl methyl sites for hydroxylation is 2. The molecule has 0 fully saturated rings. The molecule has 1 heterocycles. The molecule has 0 unspecified atom stereocenters. The largest absolute Gasteiger partial charge is 0.338 e. The average Bonchev–Trinajstić information content (AvgIpc) is 2.88. The summed E-state index contributed by atoms with van der Waals surface area (Å²) in [6, 6.07) is 4.35. The first-order chi connectivity index (χ1) is 10.5. The van der Waals surface area contributed by atoms with Crippen LogP contribution in [0.25, 0.3) is 0 Å². The van der Waals surface area contributed by atoms with Crippen LogP contribution in [-0.4, -0.2) is 22.4 Å². The molecule has 0 bridgehead atoms. The van der Waals surface area contributed by atoms with Gasteiger partial charge in [-0.1, -0.05) is 6.07 Å². The molecule has 118 valence electrons. The minimum atomic E-state index is -0.239. The van der Waals surface area contributed by atoms with E-state index in [1.165, 1.54) is 12.1 Å². The van der Waals surface area contributed by atoms with Crippen molar-refractivity contribution >= 4 is 6.03 Å². The molecule has 1 atom stereocenters. The second-order valence-corrected chi connectivity index (χ2v) is 5.39. The number of aromatic nitrogens is 2. The molecule has 0 saturated heterocycles. The summed E-state index contributed by atoms with van der Waals surface area (Å²) in [6.07, 6.45) is 4.26. The van der Waals surface area contributed by atoms with Gasteiger partial charge in [0.2, 0.25) is 0 Å². The number of carbonyl (C=O) groups excluding carboxylic acids is 1. The number of hydrogen-bond donors (Lipinski definition) is 2. The lowest BCUT2D eigenvalue weighted by Gasteiger charge is -2.13. The Labute approximate surface area is 129 Å². The number of carbonyl (C=O) groups is 1. The molecule has 22 heavy (non-hydrogen) atoms. The predicted molar refractivity (Wildman–Crippen MR) is 83.0 cm³/mol. The quantitative estimate of drug-likeness (QED) is 0.891. The molecule has 2 aromatic rings. The van der Waals surface area contributed by atoms with E-state index in [2.05, 4.69) is 15.7 Å². The Hall–Kier alpha value is -2.37. The maximum absolute atomic E-state index is 13.0.